The van der Waals surface area contributed by atoms with E-state index in [2.05, 4.69) is 10.3 Å². The molecule has 0 saturated heterocycles. The van der Waals surface area contributed by atoms with Gasteiger partial charge in [0, 0.05) is 7.05 Å². The Labute approximate surface area is 115 Å². The van der Waals surface area contributed by atoms with Crippen molar-refractivity contribution in [2.45, 2.75) is 0 Å². The van der Waals surface area contributed by atoms with Gasteiger partial charge in [0.2, 0.25) is 5.88 Å². The summed E-state index contributed by atoms with van der Waals surface area (Å²) in [6.45, 7) is 0. The number of nitrogens with one attached hydrogen (secondary N) is 1. The number of nitro groups is 1. The zero-order chi connectivity index (χ0) is 14.5. The van der Waals surface area contributed by atoms with E-state index in [0.29, 0.717) is 17.3 Å². The summed E-state index contributed by atoms with van der Waals surface area (Å²) in [5.41, 5.74) is -0.103. The van der Waals surface area contributed by atoms with E-state index in [0.717, 1.165) is 0 Å². The minimum Gasteiger partial charge on any atom is -0.493 e. The fraction of sp³-hybridized carbons (Fsp3) is 0.154. The molecule has 0 radical (unpaired) electrons. The zero-order valence-electron chi connectivity index (χ0n) is 11.0. The lowest BCUT2D eigenvalue weighted by atomic mass is 10.3. The number of ether oxygens (including phenoxy) is 2. The van der Waals surface area contributed by atoms with Gasteiger partial charge >= 0.3 is 0 Å². The second-order valence-electron chi connectivity index (χ2n) is 3.81. The molecular weight excluding hydrogens is 262 g/mol. The maximum absolute atomic E-state index is 10.9. The third kappa shape index (κ3) is 2.94. The predicted octanol–water partition coefficient (Wildman–Crippen LogP) is 2.83. The SMILES string of the molecule is CNc1cc([N+](=O)[O-])cc(Oc2ccccc2OC)n1. The van der Waals surface area contributed by atoms with Gasteiger partial charge < -0.3 is 14.8 Å². The predicted molar refractivity (Wildman–Crippen MR) is 73.5 cm³/mol. The Balaban J connectivity index is 2.37. The van der Waals surface area contributed by atoms with Crippen LogP contribution in [-0.2, 0) is 0 Å². The van der Waals surface area contributed by atoms with E-state index in [1.165, 1.54) is 19.2 Å². The molecule has 0 aliphatic rings. The van der Waals surface area contributed by atoms with Crippen molar-refractivity contribution in [3.8, 4) is 17.4 Å². The Morgan fingerprint density at radius 1 is 1.25 bits per heavy atom. The van der Waals surface area contributed by atoms with E-state index in [1.54, 1.807) is 31.3 Å². The molecular formula is C13H13N3O4. The highest BCUT2D eigenvalue weighted by molar-refractivity contribution is 5.50. The molecule has 0 spiro atoms. The lowest BCUT2D eigenvalue weighted by molar-refractivity contribution is -0.384. The average molecular weight is 275 g/mol. The summed E-state index contributed by atoms with van der Waals surface area (Å²) in [7, 11) is 3.14. The van der Waals surface area contributed by atoms with Crippen LogP contribution in [0.3, 0.4) is 0 Å². The molecule has 0 atom stereocenters. The molecule has 7 heteroatoms. The van der Waals surface area contributed by atoms with Crippen LogP contribution in [0.15, 0.2) is 36.4 Å². The minimum atomic E-state index is -0.502. The number of hydrogen-bond acceptors (Lipinski definition) is 6. The van der Waals surface area contributed by atoms with Gasteiger partial charge in [0.15, 0.2) is 11.5 Å². The van der Waals surface area contributed by atoms with Gasteiger partial charge in [-0.05, 0) is 12.1 Å². The highest BCUT2D eigenvalue weighted by Crippen LogP contribution is 2.32. The summed E-state index contributed by atoms with van der Waals surface area (Å²) >= 11 is 0. The molecule has 0 aliphatic heterocycles. The quantitative estimate of drug-likeness (QED) is 0.667. The highest BCUT2D eigenvalue weighted by atomic mass is 16.6. The van der Waals surface area contributed by atoms with Crippen molar-refractivity contribution in [1.82, 2.24) is 4.98 Å². The van der Waals surface area contributed by atoms with Crippen molar-refractivity contribution in [1.29, 1.82) is 0 Å². The van der Waals surface area contributed by atoms with Crippen molar-refractivity contribution < 1.29 is 14.4 Å². The molecule has 1 aromatic heterocycles. The third-order valence-corrected chi connectivity index (χ3v) is 2.54. The average Bonchev–Trinajstić information content (AvgIpc) is 2.47. The van der Waals surface area contributed by atoms with Crippen molar-refractivity contribution >= 4 is 11.5 Å². The number of benzene rings is 1. The van der Waals surface area contributed by atoms with Gasteiger partial charge in [-0.2, -0.15) is 4.98 Å². The number of nitrogens with zero attached hydrogens (tertiary/aromatic N) is 2. The minimum absolute atomic E-state index is 0.103. The molecule has 20 heavy (non-hydrogen) atoms. The second kappa shape index (κ2) is 5.87. The number of pyridine rings is 1. The van der Waals surface area contributed by atoms with Crippen LogP contribution >= 0.6 is 0 Å². The number of rotatable bonds is 5. The first kappa shape index (κ1) is 13.6. The molecule has 0 fully saturated rings. The van der Waals surface area contributed by atoms with E-state index in [4.69, 9.17) is 9.47 Å². The number of hydrogen-bond donors (Lipinski definition) is 1. The molecule has 104 valence electrons. The van der Waals surface area contributed by atoms with E-state index in [9.17, 15) is 10.1 Å². The largest absolute Gasteiger partial charge is 0.493 e. The van der Waals surface area contributed by atoms with Gasteiger partial charge in [0.1, 0.15) is 5.82 Å². The van der Waals surface area contributed by atoms with Crippen LogP contribution < -0.4 is 14.8 Å². The Bertz CT molecular complexity index is 631. The molecule has 7 nitrogen and oxygen atoms in total. The fourth-order valence-corrected chi connectivity index (χ4v) is 1.59. The first-order valence-corrected chi connectivity index (χ1v) is 5.79. The maximum atomic E-state index is 10.9. The second-order valence-corrected chi connectivity index (χ2v) is 3.81. The molecule has 1 aromatic carbocycles. The molecule has 0 saturated carbocycles. The van der Waals surface area contributed by atoms with Gasteiger partial charge in [-0.25, -0.2) is 0 Å². The molecule has 2 rings (SSSR count). The van der Waals surface area contributed by atoms with E-state index in [1.807, 2.05) is 0 Å². The van der Waals surface area contributed by atoms with Gasteiger partial charge in [0.25, 0.3) is 5.69 Å². The van der Waals surface area contributed by atoms with Crippen LogP contribution in [0.1, 0.15) is 0 Å². The Morgan fingerprint density at radius 2 is 1.95 bits per heavy atom. The zero-order valence-corrected chi connectivity index (χ0v) is 11.0. The topological polar surface area (TPSA) is 86.5 Å². The number of methoxy groups -OCH3 is 1. The van der Waals surface area contributed by atoms with Crippen molar-refractivity contribution in [3.05, 3.63) is 46.5 Å². The van der Waals surface area contributed by atoms with Crippen LogP contribution in [0.25, 0.3) is 0 Å². The molecule has 0 amide bonds. The number of para-hydroxylation sites is 2. The van der Waals surface area contributed by atoms with Crippen LogP contribution in [0, 0.1) is 10.1 Å². The van der Waals surface area contributed by atoms with Crippen molar-refractivity contribution in [3.63, 3.8) is 0 Å². The third-order valence-electron chi connectivity index (χ3n) is 2.54. The normalized spacial score (nSPS) is 9.90. The van der Waals surface area contributed by atoms with Crippen LogP contribution in [-0.4, -0.2) is 24.1 Å². The lowest BCUT2D eigenvalue weighted by Crippen LogP contribution is -1.98. The first-order chi connectivity index (χ1) is 9.63. The Hall–Kier alpha value is -2.83. The smallest absolute Gasteiger partial charge is 0.278 e. The molecule has 0 bridgehead atoms. The van der Waals surface area contributed by atoms with Gasteiger partial charge in [-0.3, -0.25) is 10.1 Å². The molecule has 0 aliphatic carbocycles. The van der Waals surface area contributed by atoms with E-state index < -0.39 is 4.92 Å². The standard InChI is InChI=1S/C13H13N3O4/c1-14-12-7-9(16(17)18)8-13(15-12)20-11-6-4-3-5-10(11)19-2/h3-8H,1-2H3,(H,14,15). The van der Waals surface area contributed by atoms with Crippen LogP contribution in [0.5, 0.6) is 17.4 Å². The Morgan fingerprint density at radius 3 is 2.55 bits per heavy atom. The molecule has 0 unspecified atom stereocenters. The van der Waals surface area contributed by atoms with E-state index in [-0.39, 0.29) is 11.6 Å². The monoisotopic (exact) mass is 275 g/mol. The van der Waals surface area contributed by atoms with Crippen LogP contribution in [0.2, 0.25) is 0 Å². The first-order valence-electron chi connectivity index (χ1n) is 5.79. The lowest BCUT2D eigenvalue weighted by Gasteiger charge is -2.10. The van der Waals surface area contributed by atoms with Crippen molar-refractivity contribution in [2.75, 3.05) is 19.5 Å². The van der Waals surface area contributed by atoms with Crippen LogP contribution in [0.4, 0.5) is 11.5 Å². The molecule has 2 aromatic rings. The van der Waals surface area contributed by atoms with Gasteiger partial charge in [0.05, 0.1) is 24.2 Å². The Kier molecular flexibility index (Phi) is 3.99. The summed E-state index contributed by atoms with van der Waals surface area (Å²) < 4.78 is 10.7. The maximum Gasteiger partial charge on any atom is 0.278 e. The van der Waals surface area contributed by atoms with Gasteiger partial charge in [-0.1, -0.05) is 12.1 Å². The summed E-state index contributed by atoms with van der Waals surface area (Å²) in [4.78, 5) is 14.5. The van der Waals surface area contributed by atoms with Gasteiger partial charge in [-0.15, -0.1) is 0 Å². The summed E-state index contributed by atoms with van der Waals surface area (Å²) in [6.07, 6.45) is 0. The number of anilines is 1. The number of aromatic nitrogens is 1. The fourth-order valence-electron chi connectivity index (χ4n) is 1.59. The highest BCUT2D eigenvalue weighted by Gasteiger charge is 2.13. The molecule has 1 N–H and O–H groups in total. The van der Waals surface area contributed by atoms with E-state index >= 15 is 0 Å². The molecule has 1 heterocycles. The summed E-state index contributed by atoms with van der Waals surface area (Å²) in [5, 5.41) is 13.6. The van der Waals surface area contributed by atoms with Crippen molar-refractivity contribution in [2.24, 2.45) is 0 Å². The summed E-state index contributed by atoms with van der Waals surface area (Å²) in [6, 6.07) is 9.58. The summed E-state index contributed by atoms with van der Waals surface area (Å²) in [5.74, 6) is 1.43.